The Labute approximate surface area is 243 Å². The molecule has 1 N–H and O–H groups in total. The first kappa shape index (κ1) is 28.2. The van der Waals surface area contributed by atoms with Gasteiger partial charge in [0.25, 0.3) is 11.8 Å². The maximum absolute atomic E-state index is 13.0. The monoisotopic (exact) mass is 546 g/mol. The number of amides is 2. The van der Waals surface area contributed by atoms with Gasteiger partial charge >= 0.3 is 0 Å². The van der Waals surface area contributed by atoms with E-state index in [0.29, 0.717) is 18.7 Å². The number of hydrogen-bond acceptors (Lipinski definition) is 3. The molecule has 0 saturated heterocycles. The minimum atomic E-state index is -0.101. The summed E-state index contributed by atoms with van der Waals surface area (Å²) in [5.41, 5.74) is 6.01. The van der Waals surface area contributed by atoms with Gasteiger partial charge in [-0.15, -0.1) is 0 Å². The Morgan fingerprint density at radius 2 is 1.54 bits per heavy atom. The Morgan fingerprint density at radius 1 is 0.902 bits per heavy atom. The van der Waals surface area contributed by atoms with E-state index >= 15 is 0 Å². The third kappa shape index (κ3) is 6.51. The second kappa shape index (κ2) is 12.4. The van der Waals surface area contributed by atoms with Crippen molar-refractivity contribution in [1.82, 2.24) is 5.32 Å². The summed E-state index contributed by atoms with van der Waals surface area (Å²) in [7, 11) is 0. The molecule has 0 bridgehead atoms. The molecule has 0 atom stereocenters. The molecule has 5 nitrogen and oxygen atoms in total. The number of hydrogen-bond donors (Lipinski definition) is 1. The highest BCUT2D eigenvalue weighted by Crippen LogP contribution is 2.38. The zero-order valence-corrected chi connectivity index (χ0v) is 24.1. The van der Waals surface area contributed by atoms with Crippen LogP contribution in [0, 0.1) is 0 Å². The van der Waals surface area contributed by atoms with E-state index in [1.807, 2.05) is 42.5 Å². The van der Waals surface area contributed by atoms with E-state index in [1.54, 1.807) is 4.90 Å². The molecular formula is C36H38N2O3. The van der Waals surface area contributed by atoms with Gasteiger partial charge in [0.05, 0.1) is 12.2 Å². The first-order chi connectivity index (χ1) is 19.9. The highest BCUT2D eigenvalue weighted by molar-refractivity contribution is 5.98. The van der Waals surface area contributed by atoms with Gasteiger partial charge in [0.2, 0.25) is 0 Å². The van der Waals surface area contributed by atoms with Crippen molar-refractivity contribution in [2.45, 2.75) is 51.5 Å². The van der Waals surface area contributed by atoms with Crippen LogP contribution in [0.5, 0.6) is 5.75 Å². The number of nitrogens with zero attached hydrogens (tertiary/aromatic N) is 1. The fourth-order valence-electron chi connectivity index (χ4n) is 5.27. The molecule has 4 aromatic rings. The minimum Gasteiger partial charge on any atom is -0.482 e. The first-order valence-electron chi connectivity index (χ1n) is 14.4. The summed E-state index contributed by atoms with van der Waals surface area (Å²) in [5.74, 6) is 0.755. The molecule has 0 aromatic heterocycles. The van der Waals surface area contributed by atoms with Crippen LogP contribution in [-0.2, 0) is 16.8 Å². The van der Waals surface area contributed by atoms with Crippen molar-refractivity contribution >= 4 is 17.5 Å². The van der Waals surface area contributed by atoms with E-state index in [-0.39, 0.29) is 29.8 Å². The van der Waals surface area contributed by atoms with Gasteiger partial charge in [-0.3, -0.25) is 9.59 Å². The SMILES string of the molecule is CCC(C)(C)c1ccc2c(c1)N(Cc1ccc(C(=O)NCCC(c3ccccc3)c3ccccc3)cc1)C(=O)CO2. The van der Waals surface area contributed by atoms with Crippen LogP contribution in [0.1, 0.15) is 72.1 Å². The average molecular weight is 547 g/mol. The molecule has 0 spiro atoms. The molecule has 0 aliphatic carbocycles. The van der Waals surface area contributed by atoms with Gasteiger partial charge in [-0.2, -0.15) is 0 Å². The van der Waals surface area contributed by atoms with Crippen molar-refractivity contribution in [2.24, 2.45) is 0 Å². The zero-order chi connectivity index (χ0) is 28.8. The predicted molar refractivity (Wildman–Crippen MR) is 165 cm³/mol. The minimum absolute atomic E-state index is 0.00157. The van der Waals surface area contributed by atoms with Crippen LogP contribution in [0.15, 0.2) is 103 Å². The van der Waals surface area contributed by atoms with Crippen LogP contribution in [0.25, 0.3) is 0 Å². The smallest absolute Gasteiger partial charge is 0.265 e. The number of benzene rings is 4. The van der Waals surface area contributed by atoms with Gasteiger partial charge in [0.15, 0.2) is 6.61 Å². The van der Waals surface area contributed by atoms with Crippen molar-refractivity contribution in [1.29, 1.82) is 0 Å². The van der Waals surface area contributed by atoms with Gasteiger partial charge in [-0.05, 0) is 64.8 Å². The largest absolute Gasteiger partial charge is 0.482 e. The first-order valence-corrected chi connectivity index (χ1v) is 14.4. The Kier molecular flexibility index (Phi) is 8.53. The lowest BCUT2D eigenvalue weighted by molar-refractivity contribution is -0.121. The molecule has 0 saturated carbocycles. The highest BCUT2D eigenvalue weighted by atomic mass is 16.5. The Hall–Kier alpha value is -4.38. The van der Waals surface area contributed by atoms with E-state index in [2.05, 4.69) is 86.8 Å². The van der Waals surface area contributed by atoms with Crippen molar-refractivity contribution in [3.8, 4) is 5.75 Å². The zero-order valence-electron chi connectivity index (χ0n) is 24.1. The normalized spacial score (nSPS) is 13.1. The maximum Gasteiger partial charge on any atom is 0.265 e. The van der Waals surface area contributed by atoms with Crippen LogP contribution in [0.4, 0.5) is 5.69 Å². The summed E-state index contributed by atoms with van der Waals surface area (Å²) in [4.78, 5) is 27.7. The van der Waals surface area contributed by atoms with Crippen LogP contribution < -0.4 is 15.0 Å². The number of carbonyl (C=O) groups excluding carboxylic acids is 2. The molecule has 1 heterocycles. The average Bonchev–Trinajstić information content (AvgIpc) is 3.01. The Morgan fingerprint density at radius 3 is 2.15 bits per heavy atom. The summed E-state index contributed by atoms with van der Waals surface area (Å²) in [6.45, 7) is 7.58. The molecule has 0 fully saturated rings. The molecule has 210 valence electrons. The highest BCUT2D eigenvalue weighted by Gasteiger charge is 2.28. The number of nitrogens with one attached hydrogen (secondary N) is 1. The van der Waals surface area contributed by atoms with Gasteiger partial charge in [0.1, 0.15) is 5.75 Å². The van der Waals surface area contributed by atoms with Gasteiger partial charge in [-0.1, -0.05) is 99.6 Å². The summed E-state index contributed by atoms with van der Waals surface area (Å²) >= 11 is 0. The van der Waals surface area contributed by atoms with E-state index in [0.717, 1.165) is 29.8 Å². The van der Waals surface area contributed by atoms with Crippen molar-refractivity contribution < 1.29 is 14.3 Å². The number of anilines is 1. The molecular weight excluding hydrogens is 508 g/mol. The lowest BCUT2D eigenvalue weighted by atomic mass is 9.82. The van der Waals surface area contributed by atoms with Gasteiger partial charge in [-0.25, -0.2) is 0 Å². The molecule has 4 aromatic carbocycles. The Bertz CT molecular complexity index is 1440. The van der Waals surface area contributed by atoms with Crippen molar-refractivity contribution in [3.63, 3.8) is 0 Å². The van der Waals surface area contributed by atoms with Crippen molar-refractivity contribution in [3.05, 3.63) is 131 Å². The summed E-state index contributed by atoms with van der Waals surface area (Å²) < 4.78 is 5.72. The molecule has 5 heteroatoms. The molecule has 2 amide bonds. The fraction of sp³-hybridized carbons (Fsp3) is 0.278. The number of rotatable bonds is 10. The van der Waals surface area contributed by atoms with E-state index in [4.69, 9.17) is 4.74 Å². The lowest BCUT2D eigenvalue weighted by Crippen LogP contribution is -2.38. The van der Waals surface area contributed by atoms with E-state index in [9.17, 15) is 9.59 Å². The van der Waals surface area contributed by atoms with E-state index in [1.165, 1.54) is 16.7 Å². The summed E-state index contributed by atoms with van der Waals surface area (Å²) in [6, 6.07) is 34.5. The van der Waals surface area contributed by atoms with Gasteiger partial charge < -0.3 is 15.0 Å². The standard InChI is InChI=1S/C36H38N2O3/c1-4-36(2,3)30-19-20-33-32(23-30)38(34(39)25-41-33)24-26-15-17-29(18-16-26)35(40)37-22-21-31(27-11-7-5-8-12-27)28-13-9-6-10-14-28/h5-20,23,31H,4,21-22,24-25H2,1-3H3,(H,37,40). The van der Waals surface area contributed by atoms with Crippen LogP contribution >= 0.6 is 0 Å². The van der Waals surface area contributed by atoms with Crippen LogP contribution in [0.3, 0.4) is 0 Å². The van der Waals surface area contributed by atoms with Crippen LogP contribution in [-0.4, -0.2) is 25.0 Å². The topological polar surface area (TPSA) is 58.6 Å². The second-order valence-electron chi connectivity index (χ2n) is 11.3. The van der Waals surface area contributed by atoms with E-state index < -0.39 is 0 Å². The number of fused-ring (bicyclic) bond motifs is 1. The molecule has 41 heavy (non-hydrogen) atoms. The second-order valence-corrected chi connectivity index (χ2v) is 11.3. The molecule has 1 aliphatic heterocycles. The van der Waals surface area contributed by atoms with Crippen LogP contribution in [0.2, 0.25) is 0 Å². The van der Waals surface area contributed by atoms with Crippen molar-refractivity contribution in [2.75, 3.05) is 18.1 Å². The molecule has 1 aliphatic rings. The number of ether oxygens (including phenoxy) is 1. The number of carbonyl (C=O) groups is 2. The molecule has 0 unspecified atom stereocenters. The summed E-state index contributed by atoms with van der Waals surface area (Å²) in [6.07, 6.45) is 1.79. The summed E-state index contributed by atoms with van der Waals surface area (Å²) in [5, 5.41) is 3.10. The third-order valence-electron chi connectivity index (χ3n) is 8.25. The molecule has 5 rings (SSSR count). The lowest BCUT2D eigenvalue weighted by Gasteiger charge is -2.32. The predicted octanol–water partition coefficient (Wildman–Crippen LogP) is 7.25. The fourth-order valence-corrected chi connectivity index (χ4v) is 5.27. The quantitative estimate of drug-likeness (QED) is 0.228. The Balaban J connectivity index is 1.24. The maximum atomic E-state index is 13.0. The third-order valence-corrected chi connectivity index (χ3v) is 8.25. The van der Waals surface area contributed by atoms with Gasteiger partial charge in [0, 0.05) is 18.0 Å². The molecule has 0 radical (unpaired) electrons.